The largest absolute Gasteiger partial charge is 0.466 e. The van der Waals surface area contributed by atoms with Gasteiger partial charge in [0.05, 0.1) is 32.0 Å². The number of esters is 1. The van der Waals surface area contributed by atoms with Gasteiger partial charge < -0.3 is 45.1 Å². The lowest BCUT2D eigenvalue weighted by Crippen LogP contribution is -2.60. The molecule has 11 heteroatoms. The number of carbonyl (C=O) groups is 2. The Morgan fingerprint density at radius 1 is 0.462 bits per heavy atom. The Hall–Kier alpha value is -2.12. The Kier molecular flexibility index (Phi) is 53.7. The van der Waals surface area contributed by atoms with E-state index in [1.807, 2.05) is 6.08 Å². The Bertz CT molecular complexity index is 1390. The fourth-order valence-corrected chi connectivity index (χ4v) is 10.4. The molecule has 0 radical (unpaired) electrons. The number of allylic oxidation sites excluding steroid dienone is 5. The van der Waals surface area contributed by atoms with Crippen LogP contribution in [0.1, 0.15) is 316 Å². The number of unbranched alkanes of at least 4 members (excludes halogenated alkanes) is 40. The maximum absolute atomic E-state index is 13.0. The van der Waals surface area contributed by atoms with E-state index in [0.29, 0.717) is 19.4 Å². The van der Waals surface area contributed by atoms with Crippen molar-refractivity contribution in [3.8, 4) is 0 Å². The van der Waals surface area contributed by atoms with Crippen molar-refractivity contribution in [3.05, 3.63) is 36.5 Å². The van der Waals surface area contributed by atoms with Gasteiger partial charge >= 0.3 is 5.97 Å². The van der Waals surface area contributed by atoms with Crippen LogP contribution in [0.15, 0.2) is 36.5 Å². The molecule has 6 N–H and O–H groups in total. The smallest absolute Gasteiger partial charge is 0.305 e. The van der Waals surface area contributed by atoms with Crippen LogP contribution in [0, 0.1) is 0 Å². The highest BCUT2D eigenvalue weighted by Gasteiger charge is 2.44. The Balaban J connectivity index is 1.96. The minimum atomic E-state index is -1.57. The molecule has 1 aliphatic rings. The first-order chi connectivity index (χ1) is 38.2. The predicted octanol–water partition coefficient (Wildman–Crippen LogP) is 16.2. The van der Waals surface area contributed by atoms with Gasteiger partial charge in [0.15, 0.2) is 6.29 Å². The van der Waals surface area contributed by atoms with Crippen LogP contribution < -0.4 is 5.32 Å². The molecule has 0 saturated carbocycles. The summed E-state index contributed by atoms with van der Waals surface area (Å²) < 4.78 is 16.7. The molecule has 0 aromatic rings. The van der Waals surface area contributed by atoms with Crippen molar-refractivity contribution in [1.29, 1.82) is 0 Å². The lowest BCUT2D eigenvalue weighted by Gasteiger charge is -2.40. The minimum Gasteiger partial charge on any atom is -0.466 e. The van der Waals surface area contributed by atoms with Gasteiger partial charge in [0.25, 0.3) is 0 Å². The summed E-state index contributed by atoms with van der Waals surface area (Å²) in [7, 11) is 0. The van der Waals surface area contributed by atoms with Crippen molar-refractivity contribution in [1.82, 2.24) is 5.32 Å². The lowest BCUT2D eigenvalue weighted by molar-refractivity contribution is -0.302. The average molecular weight is 1100 g/mol. The van der Waals surface area contributed by atoms with Gasteiger partial charge in [-0.3, -0.25) is 9.59 Å². The topological polar surface area (TPSA) is 175 Å². The molecule has 0 aromatic carbocycles. The van der Waals surface area contributed by atoms with Crippen LogP contribution in [0.2, 0.25) is 0 Å². The van der Waals surface area contributed by atoms with E-state index in [2.05, 4.69) is 43.5 Å². The summed E-state index contributed by atoms with van der Waals surface area (Å²) in [5.74, 6) is -0.193. The molecule has 1 fully saturated rings. The van der Waals surface area contributed by atoms with Gasteiger partial charge in [0.2, 0.25) is 5.91 Å². The van der Waals surface area contributed by atoms with Crippen molar-refractivity contribution in [2.24, 2.45) is 0 Å². The summed E-state index contributed by atoms with van der Waals surface area (Å²) in [6.07, 6.45) is 61.3. The fraction of sp³-hybridized carbons (Fsp3) is 0.881. The van der Waals surface area contributed by atoms with Crippen LogP contribution in [0.5, 0.6) is 0 Å². The van der Waals surface area contributed by atoms with Gasteiger partial charge in [0.1, 0.15) is 24.4 Å². The third kappa shape index (κ3) is 45.5. The molecule has 1 amide bonds. The third-order valence-electron chi connectivity index (χ3n) is 15.7. The highest BCUT2D eigenvalue weighted by molar-refractivity contribution is 5.76. The van der Waals surface area contributed by atoms with Crippen LogP contribution >= 0.6 is 0 Å². The van der Waals surface area contributed by atoms with Gasteiger partial charge in [-0.15, -0.1) is 0 Å². The van der Waals surface area contributed by atoms with E-state index in [0.717, 1.165) is 70.6 Å². The molecule has 0 spiro atoms. The van der Waals surface area contributed by atoms with Crippen molar-refractivity contribution in [2.75, 3.05) is 19.8 Å². The average Bonchev–Trinajstić information content (AvgIpc) is 3.44. The lowest BCUT2D eigenvalue weighted by atomic mass is 9.99. The first-order valence-electron chi connectivity index (χ1n) is 33.3. The van der Waals surface area contributed by atoms with Crippen LogP contribution in [-0.2, 0) is 23.8 Å². The molecular formula is C67H125NO10. The molecular weight excluding hydrogens is 979 g/mol. The van der Waals surface area contributed by atoms with E-state index in [-0.39, 0.29) is 18.5 Å². The molecule has 78 heavy (non-hydrogen) atoms. The summed E-state index contributed by atoms with van der Waals surface area (Å²) in [4.78, 5) is 25.1. The first-order valence-corrected chi connectivity index (χ1v) is 33.3. The summed E-state index contributed by atoms with van der Waals surface area (Å²) in [5.41, 5.74) is 0. The second-order valence-electron chi connectivity index (χ2n) is 23.2. The zero-order valence-corrected chi connectivity index (χ0v) is 50.6. The SMILES string of the molecule is CCCCCCCCC/C=C\CCCCCCCCCC(=O)OCCCCCCCCCCCCCC/C=C\CCCCCCCCCC(=O)NC(COC1OC(CO)C(O)C(O)C1O)C(O)/C=C/CCCCCCCCC. The number of hydrogen-bond donors (Lipinski definition) is 6. The molecule has 1 saturated heterocycles. The first kappa shape index (κ1) is 73.9. The van der Waals surface area contributed by atoms with Gasteiger partial charge in [-0.05, 0) is 83.5 Å². The van der Waals surface area contributed by atoms with Gasteiger partial charge in [-0.25, -0.2) is 0 Å². The van der Waals surface area contributed by atoms with E-state index in [1.54, 1.807) is 6.08 Å². The molecule has 0 aromatic heterocycles. The van der Waals surface area contributed by atoms with Crippen LogP contribution in [0.3, 0.4) is 0 Å². The monoisotopic (exact) mass is 1100 g/mol. The number of hydrogen-bond acceptors (Lipinski definition) is 10. The number of amides is 1. The fourth-order valence-electron chi connectivity index (χ4n) is 10.4. The highest BCUT2D eigenvalue weighted by Crippen LogP contribution is 2.23. The number of rotatable bonds is 58. The van der Waals surface area contributed by atoms with Gasteiger partial charge in [-0.1, -0.05) is 256 Å². The molecule has 7 atom stereocenters. The number of carbonyl (C=O) groups excluding carboxylic acids is 2. The molecule has 458 valence electrons. The Morgan fingerprint density at radius 3 is 1.23 bits per heavy atom. The highest BCUT2D eigenvalue weighted by atomic mass is 16.7. The standard InChI is InChI=1S/C67H125NO10/c1-3-5-7-9-11-13-14-15-16-17-26-29-32-35-39-43-47-51-55-63(72)76-56-52-48-44-40-36-33-30-27-24-22-20-18-19-21-23-25-28-31-34-38-42-46-50-54-62(71)68-59(60(70)53-49-45-41-37-12-10-8-6-4-2)58-77-67-66(75)65(74)64(73)61(57-69)78-67/h16-17,21,23,49,53,59-61,64-67,69-70,73-75H,3-15,18-20,22,24-48,50-52,54-58H2,1-2H3,(H,68,71)/b17-16-,23-21-,53-49+. The van der Waals surface area contributed by atoms with Crippen molar-refractivity contribution in [3.63, 3.8) is 0 Å². The second-order valence-corrected chi connectivity index (χ2v) is 23.2. The number of nitrogens with one attached hydrogen (secondary N) is 1. The second kappa shape index (κ2) is 56.7. The zero-order chi connectivity index (χ0) is 56.6. The quantitative estimate of drug-likeness (QED) is 0.0195. The molecule has 1 heterocycles. The Morgan fingerprint density at radius 2 is 0.821 bits per heavy atom. The summed E-state index contributed by atoms with van der Waals surface area (Å²) >= 11 is 0. The van der Waals surface area contributed by atoms with E-state index in [9.17, 15) is 35.1 Å². The molecule has 11 nitrogen and oxygen atoms in total. The normalized spacial score (nSPS) is 18.7. The van der Waals surface area contributed by atoms with E-state index in [4.69, 9.17) is 14.2 Å². The molecule has 7 unspecified atom stereocenters. The maximum atomic E-state index is 13.0. The zero-order valence-electron chi connectivity index (χ0n) is 50.6. The summed E-state index contributed by atoms with van der Waals surface area (Å²) in [5, 5.41) is 54.2. The van der Waals surface area contributed by atoms with Crippen molar-refractivity contribution >= 4 is 11.9 Å². The summed E-state index contributed by atoms with van der Waals surface area (Å²) in [6, 6.07) is -0.813. The van der Waals surface area contributed by atoms with Gasteiger partial charge in [0, 0.05) is 12.8 Å². The minimum absolute atomic E-state index is 0.00311. The van der Waals surface area contributed by atoms with Gasteiger partial charge in [-0.2, -0.15) is 0 Å². The molecule has 1 rings (SSSR count). The number of aliphatic hydroxyl groups excluding tert-OH is 5. The predicted molar refractivity (Wildman–Crippen MR) is 324 cm³/mol. The summed E-state index contributed by atoms with van der Waals surface area (Å²) in [6.45, 7) is 4.32. The van der Waals surface area contributed by atoms with Crippen LogP contribution in [-0.4, -0.2) is 100 Å². The van der Waals surface area contributed by atoms with Crippen LogP contribution in [0.25, 0.3) is 0 Å². The molecule has 0 aliphatic carbocycles. The van der Waals surface area contributed by atoms with Crippen molar-refractivity contribution in [2.45, 2.75) is 358 Å². The number of ether oxygens (including phenoxy) is 3. The molecule has 0 bridgehead atoms. The Labute approximate surface area is 479 Å². The van der Waals surface area contributed by atoms with Crippen molar-refractivity contribution < 1.29 is 49.3 Å². The van der Waals surface area contributed by atoms with Crippen LogP contribution in [0.4, 0.5) is 0 Å². The van der Waals surface area contributed by atoms with E-state index in [1.165, 1.54) is 218 Å². The van der Waals surface area contributed by atoms with E-state index < -0.39 is 49.5 Å². The van der Waals surface area contributed by atoms with E-state index >= 15 is 0 Å². The maximum Gasteiger partial charge on any atom is 0.305 e. The molecule has 1 aliphatic heterocycles. The number of aliphatic hydroxyl groups is 5. The third-order valence-corrected chi connectivity index (χ3v) is 15.7.